The first kappa shape index (κ1) is 11.7. The number of hydrogen-bond donors (Lipinski definition) is 2. The number of carbonyl (C=O) groups excluding carboxylic acids is 1. The van der Waals surface area contributed by atoms with Crippen LogP contribution in [0.1, 0.15) is 26.5 Å². The normalized spacial score (nSPS) is 11.5. The average molecular weight is 211 g/mol. The van der Waals surface area contributed by atoms with Crippen LogP contribution in [0, 0.1) is 6.92 Å². The summed E-state index contributed by atoms with van der Waals surface area (Å²) in [7, 11) is 0. The molecule has 1 amide bonds. The molecule has 0 saturated heterocycles. The fraction of sp³-hybridized carbons (Fsp3) is 0.600. The number of rotatable bonds is 4. The number of amides is 1. The summed E-state index contributed by atoms with van der Waals surface area (Å²) in [6.07, 6.45) is 0. The van der Waals surface area contributed by atoms with E-state index in [-0.39, 0.29) is 5.91 Å². The fourth-order valence-electron chi connectivity index (χ4n) is 1.22. The molecule has 0 atom stereocenters. The minimum atomic E-state index is -0.610. The number of aryl methyl sites for hydroxylation is 1. The Hall–Kier alpha value is -1.36. The van der Waals surface area contributed by atoms with Crippen molar-refractivity contribution in [2.75, 3.05) is 11.9 Å². The molecular weight excluding hydrogens is 194 g/mol. The van der Waals surface area contributed by atoms with Crippen molar-refractivity contribution in [2.24, 2.45) is 0 Å². The zero-order valence-corrected chi connectivity index (χ0v) is 9.55. The van der Waals surface area contributed by atoms with E-state index >= 15 is 0 Å². The number of carbonyl (C=O) groups is 1. The van der Waals surface area contributed by atoms with Crippen molar-refractivity contribution >= 4 is 11.7 Å². The van der Waals surface area contributed by atoms with Crippen LogP contribution in [0.4, 0.5) is 5.82 Å². The lowest BCUT2D eigenvalue weighted by atomic mass is 10.0. The lowest BCUT2D eigenvalue weighted by molar-refractivity contribution is -0.121. The highest BCUT2D eigenvalue weighted by atomic mass is 16.5. The molecule has 0 fully saturated rings. The van der Waals surface area contributed by atoms with Gasteiger partial charge in [0, 0.05) is 6.07 Å². The van der Waals surface area contributed by atoms with Crippen LogP contribution in [-0.2, 0) is 4.79 Å². The molecule has 0 aliphatic rings. The molecule has 1 rings (SSSR count). The van der Waals surface area contributed by atoms with Gasteiger partial charge in [-0.2, -0.15) is 0 Å². The van der Waals surface area contributed by atoms with Gasteiger partial charge in [0.15, 0.2) is 5.82 Å². The van der Waals surface area contributed by atoms with Crippen LogP contribution in [0.5, 0.6) is 0 Å². The number of likely N-dealkylation sites (N-methyl/N-ethyl adjacent to an activating group) is 1. The molecule has 0 aliphatic carbocycles. The Bertz CT molecular complexity index is 344. The summed E-state index contributed by atoms with van der Waals surface area (Å²) in [6, 6.07) is 1.68. The van der Waals surface area contributed by atoms with E-state index in [4.69, 9.17) is 4.52 Å². The molecular formula is C10H17N3O2. The summed E-state index contributed by atoms with van der Waals surface area (Å²) in [5, 5.41) is 9.45. The average Bonchev–Trinajstić information content (AvgIpc) is 2.51. The van der Waals surface area contributed by atoms with Crippen LogP contribution < -0.4 is 10.6 Å². The van der Waals surface area contributed by atoms with E-state index in [2.05, 4.69) is 15.8 Å². The van der Waals surface area contributed by atoms with Gasteiger partial charge in [0.25, 0.3) is 0 Å². The van der Waals surface area contributed by atoms with Gasteiger partial charge in [-0.1, -0.05) is 12.1 Å². The van der Waals surface area contributed by atoms with Gasteiger partial charge in [0.05, 0.1) is 5.54 Å². The largest absolute Gasteiger partial charge is 0.360 e. The zero-order valence-electron chi connectivity index (χ0n) is 9.55. The summed E-state index contributed by atoms with van der Waals surface area (Å²) >= 11 is 0. The maximum absolute atomic E-state index is 11.8. The Morgan fingerprint density at radius 3 is 2.73 bits per heavy atom. The monoisotopic (exact) mass is 211 g/mol. The van der Waals surface area contributed by atoms with Crippen molar-refractivity contribution in [3.63, 3.8) is 0 Å². The maximum atomic E-state index is 11.8. The summed E-state index contributed by atoms with van der Waals surface area (Å²) in [5.74, 6) is 0.993. The van der Waals surface area contributed by atoms with Crippen molar-refractivity contribution in [3.8, 4) is 0 Å². The third-order valence-corrected chi connectivity index (χ3v) is 2.06. The molecule has 1 aromatic rings. The fourth-order valence-corrected chi connectivity index (χ4v) is 1.22. The molecule has 15 heavy (non-hydrogen) atoms. The Kier molecular flexibility index (Phi) is 3.47. The number of aromatic nitrogens is 1. The molecule has 5 heteroatoms. The highest BCUT2D eigenvalue weighted by molar-refractivity contribution is 5.96. The molecule has 0 unspecified atom stereocenters. The predicted molar refractivity (Wildman–Crippen MR) is 57.6 cm³/mol. The SMILES string of the molecule is CCNC(C)(C)C(=O)Nc1cc(C)on1. The van der Waals surface area contributed by atoms with Crippen molar-refractivity contribution in [3.05, 3.63) is 11.8 Å². The first-order valence-electron chi connectivity index (χ1n) is 4.95. The second-order valence-electron chi connectivity index (χ2n) is 3.93. The van der Waals surface area contributed by atoms with E-state index in [1.807, 2.05) is 20.8 Å². The third kappa shape index (κ3) is 3.06. The number of nitrogens with zero attached hydrogens (tertiary/aromatic N) is 1. The maximum Gasteiger partial charge on any atom is 0.245 e. The number of nitrogens with one attached hydrogen (secondary N) is 2. The molecule has 84 valence electrons. The van der Waals surface area contributed by atoms with E-state index in [1.165, 1.54) is 0 Å². The van der Waals surface area contributed by atoms with Gasteiger partial charge in [-0.05, 0) is 27.3 Å². The molecule has 0 aliphatic heterocycles. The lowest BCUT2D eigenvalue weighted by Gasteiger charge is -2.23. The quantitative estimate of drug-likeness (QED) is 0.788. The van der Waals surface area contributed by atoms with Gasteiger partial charge in [-0.25, -0.2) is 0 Å². The minimum Gasteiger partial charge on any atom is -0.360 e. The van der Waals surface area contributed by atoms with Crippen LogP contribution >= 0.6 is 0 Å². The molecule has 0 aromatic carbocycles. The second-order valence-corrected chi connectivity index (χ2v) is 3.93. The van der Waals surface area contributed by atoms with Gasteiger partial charge in [0.2, 0.25) is 5.91 Å². The Morgan fingerprint density at radius 2 is 2.27 bits per heavy atom. The summed E-state index contributed by atoms with van der Waals surface area (Å²) in [5.41, 5.74) is -0.610. The molecule has 0 bridgehead atoms. The summed E-state index contributed by atoms with van der Waals surface area (Å²) < 4.78 is 4.85. The van der Waals surface area contributed by atoms with Crippen LogP contribution in [-0.4, -0.2) is 23.1 Å². The van der Waals surface area contributed by atoms with E-state index in [0.29, 0.717) is 11.6 Å². The van der Waals surface area contributed by atoms with Gasteiger partial charge >= 0.3 is 0 Å². The van der Waals surface area contributed by atoms with Gasteiger partial charge in [0.1, 0.15) is 5.76 Å². The van der Waals surface area contributed by atoms with Crippen molar-refractivity contribution in [1.82, 2.24) is 10.5 Å². The van der Waals surface area contributed by atoms with Crippen molar-refractivity contribution < 1.29 is 9.32 Å². The molecule has 5 nitrogen and oxygen atoms in total. The number of anilines is 1. The van der Waals surface area contributed by atoms with E-state index < -0.39 is 5.54 Å². The van der Waals surface area contributed by atoms with Crippen molar-refractivity contribution in [1.29, 1.82) is 0 Å². The van der Waals surface area contributed by atoms with Crippen LogP contribution in [0.25, 0.3) is 0 Å². The van der Waals surface area contributed by atoms with E-state index in [9.17, 15) is 4.79 Å². The van der Waals surface area contributed by atoms with E-state index in [0.717, 1.165) is 6.54 Å². The second kappa shape index (κ2) is 4.44. The highest BCUT2D eigenvalue weighted by Crippen LogP contribution is 2.10. The van der Waals surface area contributed by atoms with Crippen LogP contribution in [0.15, 0.2) is 10.6 Å². The summed E-state index contributed by atoms with van der Waals surface area (Å²) in [4.78, 5) is 11.8. The smallest absolute Gasteiger partial charge is 0.245 e. The number of hydrogen-bond acceptors (Lipinski definition) is 4. The molecule has 0 spiro atoms. The van der Waals surface area contributed by atoms with Gasteiger partial charge in [-0.3, -0.25) is 4.79 Å². The molecule has 0 saturated carbocycles. The molecule has 2 N–H and O–H groups in total. The first-order valence-corrected chi connectivity index (χ1v) is 4.95. The molecule has 1 heterocycles. The van der Waals surface area contributed by atoms with Crippen molar-refractivity contribution in [2.45, 2.75) is 33.2 Å². The lowest BCUT2D eigenvalue weighted by Crippen LogP contribution is -2.49. The Morgan fingerprint density at radius 1 is 1.60 bits per heavy atom. The molecule has 0 radical (unpaired) electrons. The molecule has 1 aromatic heterocycles. The Labute approximate surface area is 89.2 Å². The van der Waals surface area contributed by atoms with Gasteiger partial charge < -0.3 is 15.2 Å². The Balaban J connectivity index is 2.63. The zero-order chi connectivity index (χ0) is 11.5. The van der Waals surface area contributed by atoms with E-state index in [1.54, 1.807) is 13.0 Å². The highest BCUT2D eigenvalue weighted by Gasteiger charge is 2.26. The van der Waals surface area contributed by atoms with Crippen LogP contribution in [0.2, 0.25) is 0 Å². The summed E-state index contributed by atoms with van der Waals surface area (Å²) in [6.45, 7) is 8.10. The standard InChI is InChI=1S/C10H17N3O2/c1-5-11-10(3,4)9(14)12-8-6-7(2)15-13-8/h6,11H,5H2,1-4H3,(H,12,13,14). The van der Waals surface area contributed by atoms with Crippen LogP contribution in [0.3, 0.4) is 0 Å². The first-order chi connectivity index (χ1) is 6.95. The third-order valence-electron chi connectivity index (χ3n) is 2.06. The van der Waals surface area contributed by atoms with Gasteiger partial charge in [-0.15, -0.1) is 0 Å². The minimum absolute atomic E-state index is 0.127. The topological polar surface area (TPSA) is 67.2 Å². The predicted octanol–water partition coefficient (Wildman–Crippen LogP) is 1.31.